The van der Waals surface area contributed by atoms with E-state index in [4.69, 9.17) is 9.47 Å². The molecule has 166 valence electrons. The van der Waals surface area contributed by atoms with E-state index in [0.29, 0.717) is 0 Å². The molecule has 2 rings (SSSR count). The molecular weight excluding hydrogens is 400 g/mol. The van der Waals surface area contributed by atoms with Crippen molar-refractivity contribution in [3.8, 4) is 0 Å². The number of benzene rings is 1. The summed E-state index contributed by atoms with van der Waals surface area (Å²) in [5.41, 5.74) is 0.735. The lowest BCUT2D eigenvalue weighted by Gasteiger charge is -2.39. The van der Waals surface area contributed by atoms with Crippen LogP contribution in [-0.4, -0.2) is 77.1 Å². The molecule has 2 amide bonds. The van der Waals surface area contributed by atoms with Crippen LogP contribution < -0.4 is 10.6 Å². The maximum atomic E-state index is 12.3. The molecule has 1 aliphatic rings. The van der Waals surface area contributed by atoms with Crippen molar-refractivity contribution in [1.82, 2.24) is 10.6 Å². The average molecular weight is 426 g/mol. The molecule has 0 spiro atoms. The molecule has 0 radical (unpaired) electrons. The molecule has 1 fully saturated rings. The first-order valence-corrected chi connectivity index (χ1v) is 9.27. The number of nitrogens with one attached hydrogen (secondary N) is 2. The van der Waals surface area contributed by atoms with E-state index in [2.05, 4.69) is 15.4 Å². The third kappa shape index (κ3) is 6.39. The minimum Gasteiger partial charge on any atom is -0.467 e. The molecule has 6 atom stereocenters. The number of amides is 2. The van der Waals surface area contributed by atoms with Crippen molar-refractivity contribution in [3.63, 3.8) is 0 Å². The van der Waals surface area contributed by atoms with Gasteiger partial charge in [-0.15, -0.1) is 0 Å². The highest BCUT2D eigenvalue weighted by molar-refractivity contribution is 5.88. The number of methoxy groups -OCH3 is 1. The number of alkyl carbamates (subject to hydrolysis) is 1. The minimum atomic E-state index is -1.58. The van der Waals surface area contributed by atoms with Crippen LogP contribution in [0.1, 0.15) is 18.9 Å². The molecule has 1 aliphatic heterocycles. The molecular formula is C19H26N2O9. The maximum absolute atomic E-state index is 12.3. The van der Waals surface area contributed by atoms with Crippen LogP contribution >= 0.6 is 0 Å². The van der Waals surface area contributed by atoms with Gasteiger partial charge in [-0.05, 0) is 12.5 Å². The molecule has 11 nitrogen and oxygen atoms in total. The normalized spacial score (nSPS) is 26.9. The second kappa shape index (κ2) is 10.9. The van der Waals surface area contributed by atoms with Crippen molar-refractivity contribution in [2.24, 2.45) is 0 Å². The lowest BCUT2D eigenvalue weighted by molar-refractivity contribution is -0.224. The van der Waals surface area contributed by atoms with E-state index in [-0.39, 0.29) is 6.61 Å². The summed E-state index contributed by atoms with van der Waals surface area (Å²) in [6.07, 6.45) is -8.06. The number of esters is 1. The van der Waals surface area contributed by atoms with Crippen LogP contribution in [0.15, 0.2) is 30.3 Å². The van der Waals surface area contributed by atoms with Crippen molar-refractivity contribution >= 4 is 18.0 Å². The average Bonchev–Trinajstić information content (AvgIpc) is 2.74. The largest absolute Gasteiger partial charge is 0.467 e. The van der Waals surface area contributed by atoms with Gasteiger partial charge in [-0.3, -0.25) is 4.79 Å². The molecule has 0 unspecified atom stereocenters. The standard InChI is InChI=1S/C19H26N2O9/c1-10-14(23)15(24)16(25)17(30-10)21-13(22)8-12(18(26)28-2)20-19(27)29-9-11-6-4-3-5-7-11/h3-7,10,12,14-17,23-25H,8-9H2,1-2H3,(H,20,27)(H,21,22)/t10-,12-,14+,15+,16-,17-/m0/s1. The highest BCUT2D eigenvalue weighted by atomic mass is 16.6. The predicted molar refractivity (Wildman–Crippen MR) is 101 cm³/mol. The van der Waals surface area contributed by atoms with E-state index < -0.39 is 61.1 Å². The smallest absolute Gasteiger partial charge is 0.408 e. The number of carbonyl (C=O) groups excluding carboxylic acids is 3. The molecule has 0 aliphatic carbocycles. The molecule has 11 heteroatoms. The number of hydrogen-bond acceptors (Lipinski definition) is 9. The fraction of sp³-hybridized carbons (Fsp3) is 0.526. The van der Waals surface area contributed by atoms with Crippen LogP contribution in [0.2, 0.25) is 0 Å². The van der Waals surface area contributed by atoms with Gasteiger partial charge < -0.3 is 40.2 Å². The minimum absolute atomic E-state index is 0.0347. The Bertz CT molecular complexity index is 730. The Labute approximate surface area is 172 Å². The molecule has 1 aromatic rings. The van der Waals surface area contributed by atoms with E-state index >= 15 is 0 Å². The quantitative estimate of drug-likeness (QED) is 0.337. The Morgan fingerprint density at radius 2 is 1.77 bits per heavy atom. The van der Waals surface area contributed by atoms with Gasteiger partial charge in [0.2, 0.25) is 5.91 Å². The van der Waals surface area contributed by atoms with E-state index in [1.54, 1.807) is 24.3 Å². The number of aliphatic hydroxyl groups excluding tert-OH is 3. The van der Waals surface area contributed by atoms with Gasteiger partial charge in [0.05, 0.1) is 19.6 Å². The van der Waals surface area contributed by atoms with Crippen molar-refractivity contribution in [1.29, 1.82) is 0 Å². The summed E-state index contributed by atoms with van der Waals surface area (Å²) in [5.74, 6) is -1.65. The number of aliphatic hydroxyl groups is 3. The fourth-order valence-electron chi connectivity index (χ4n) is 2.82. The zero-order valence-corrected chi connectivity index (χ0v) is 16.6. The third-order valence-corrected chi connectivity index (χ3v) is 4.54. The summed E-state index contributed by atoms with van der Waals surface area (Å²) >= 11 is 0. The van der Waals surface area contributed by atoms with E-state index in [1.807, 2.05) is 6.07 Å². The number of ether oxygens (including phenoxy) is 3. The number of hydrogen-bond donors (Lipinski definition) is 5. The fourth-order valence-corrected chi connectivity index (χ4v) is 2.82. The highest BCUT2D eigenvalue weighted by Crippen LogP contribution is 2.19. The second-order valence-electron chi connectivity index (χ2n) is 6.79. The van der Waals surface area contributed by atoms with Crippen LogP contribution in [-0.2, 0) is 30.4 Å². The SMILES string of the molecule is COC(=O)[C@H](CC(=O)N[C@H]1O[C@@H](C)[C@@H](O)[C@@H](O)[C@@H]1O)NC(=O)OCc1ccccc1. The van der Waals surface area contributed by atoms with Crippen LogP contribution in [0.25, 0.3) is 0 Å². The van der Waals surface area contributed by atoms with E-state index in [1.165, 1.54) is 6.92 Å². The summed E-state index contributed by atoms with van der Waals surface area (Å²) in [6.45, 7) is 1.42. The predicted octanol–water partition coefficient (Wildman–Crippen LogP) is -1.21. The summed E-state index contributed by atoms with van der Waals surface area (Å²) in [7, 11) is 1.09. The van der Waals surface area contributed by atoms with E-state index in [0.717, 1.165) is 12.7 Å². The molecule has 1 aromatic carbocycles. The van der Waals surface area contributed by atoms with E-state index in [9.17, 15) is 29.7 Å². The Kier molecular flexibility index (Phi) is 8.54. The van der Waals surface area contributed by atoms with Gasteiger partial charge in [0, 0.05) is 0 Å². The van der Waals surface area contributed by atoms with Crippen molar-refractivity contribution < 1.29 is 43.9 Å². The van der Waals surface area contributed by atoms with Crippen molar-refractivity contribution in [3.05, 3.63) is 35.9 Å². The van der Waals surface area contributed by atoms with Gasteiger partial charge >= 0.3 is 12.1 Å². The summed E-state index contributed by atoms with van der Waals surface area (Å²) in [6, 6.07) is 7.50. The molecule has 5 N–H and O–H groups in total. The molecule has 30 heavy (non-hydrogen) atoms. The van der Waals surface area contributed by atoms with Crippen LogP contribution in [0.4, 0.5) is 4.79 Å². The zero-order chi connectivity index (χ0) is 22.3. The molecule has 1 heterocycles. The summed E-state index contributed by atoms with van der Waals surface area (Å²) in [4.78, 5) is 36.2. The number of carbonyl (C=O) groups is 3. The summed E-state index contributed by atoms with van der Waals surface area (Å²) in [5, 5.41) is 34.0. The summed E-state index contributed by atoms with van der Waals surface area (Å²) < 4.78 is 14.9. The van der Waals surface area contributed by atoms with Crippen LogP contribution in [0.5, 0.6) is 0 Å². The van der Waals surface area contributed by atoms with Gasteiger partial charge in [-0.25, -0.2) is 9.59 Å². The van der Waals surface area contributed by atoms with Crippen LogP contribution in [0.3, 0.4) is 0 Å². The lowest BCUT2D eigenvalue weighted by atomic mass is 9.99. The molecule has 0 aromatic heterocycles. The Morgan fingerprint density at radius 1 is 1.10 bits per heavy atom. The van der Waals surface area contributed by atoms with Gasteiger partial charge in [0.25, 0.3) is 0 Å². The first-order chi connectivity index (χ1) is 14.2. The van der Waals surface area contributed by atoms with Crippen molar-refractivity contribution in [2.75, 3.05) is 7.11 Å². The lowest BCUT2D eigenvalue weighted by Crippen LogP contribution is -2.62. The van der Waals surface area contributed by atoms with Gasteiger partial charge in [0.1, 0.15) is 31.0 Å². The zero-order valence-electron chi connectivity index (χ0n) is 16.6. The Hall–Kier alpha value is -2.73. The second-order valence-corrected chi connectivity index (χ2v) is 6.79. The van der Waals surface area contributed by atoms with Gasteiger partial charge in [0.15, 0.2) is 6.23 Å². The topological polar surface area (TPSA) is 164 Å². The third-order valence-electron chi connectivity index (χ3n) is 4.54. The monoisotopic (exact) mass is 426 g/mol. The first kappa shape index (κ1) is 23.5. The van der Waals surface area contributed by atoms with Gasteiger partial charge in [-0.1, -0.05) is 30.3 Å². The first-order valence-electron chi connectivity index (χ1n) is 9.27. The molecule has 0 bridgehead atoms. The Balaban J connectivity index is 1.91. The van der Waals surface area contributed by atoms with Crippen molar-refractivity contribution in [2.45, 2.75) is 56.6 Å². The maximum Gasteiger partial charge on any atom is 0.408 e. The van der Waals surface area contributed by atoms with Gasteiger partial charge in [-0.2, -0.15) is 0 Å². The number of rotatable bonds is 7. The molecule has 0 saturated carbocycles. The molecule has 1 saturated heterocycles. The Morgan fingerprint density at radius 3 is 2.40 bits per heavy atom. The highest BCUT2D eigenvalue weighted by Gasteiger charge is 2.42. The van der Waals surface area contributed by atoms with Crippen LogP contribution in [0, 0.1) is 0 Å².